The minimum Gasteiger partial charge on any atom is -0.470 e. The number of thiazole rings is 1. The van der Waals surface area contributed by atoms with Crippen LogP contribution in [0.4, 0.5) is 4.79 Å². The highest BCUT2D eigenvalue weighted by Crippen LogP contribution is 2.30. The van der Waals surface area contributed by atoms with Gasteiger partial charge >= 0.3 is 6.09 Å². The molecule has 3 heterocycles. The maximum atomic E-state index is 12.0. The zero-order chi connectivity index (χ0) is 24.3. The van der Waals surface area contributed by atoms with Crippen molar-refractivity contribution in [1.29, 1.82) is 0 Å². The molecule has 0 spiro atoms. The lowest BCUT2D eigenvalue weighted by Gasteiger charge is -2.31. The van der Waals surface area contributed by atoms with Crippen molar-refractivity contribution in [2.45, 2.75) is 44.1 Å². The van der Waals surface area contributed by atoms with Crippen LogP contribution in [0.5, 0.6) is 5.19 Å². The van der Waals surface area contributed by atoms with E-state index in [1.807, 2.05) is 26.0 Å². The van der Waals surface area contributed by atoms with E-state index in [1.165, 1.54) is 17.6 Å². The Morgan fingerprint density at radius 2 is 1.82 bits per heavy atom. The van der Waals surface area contributed by atoms with E-state index in [9.17, 15) is 13.2 Å². The van der Waals surface area contributed by atoms with Crippen molar-refractivity contribution in [3.63, 3.8) is 0 Å². The number of piperidine rings is 1. The average Bonchev–Trinajstić information content (AvgIpc) is 3.20. The van der Waals surface area contributed by atoms with Crippen LogP contribution in [0.25, 0.3) is 21.6 Å². The molecule has 1 fully saturated rings. The first-order chi connectivity index (χ1) is 16.2. The summed E-state index contributed by atoms with van der Waals surface area (Å²) in [7, 11) is -3.23. The average molecular weight is 504 g/mol. The summed E-state index contributed by atoms with van der Waals surface area (Å²) in [6.07, 6.45) is 3.67. The molecule has 1 aliphatic rings. The zero-order valence-corrected chi connectivity index (χ0v) is 21.2. The Morgan fingerprint density at radius 1 is 1.12 bits per heavy atom. The lowest BCUT2D eigenvalue weighted by molar-refractivity contribution is 0.0637. The SMILES string of the molecule is CC(C)OC(=O)N1CCC(CCOc2nc3ccc(-c4ccc(S(C)(=O)=O)cc4)nc3s2)CC1. The lowest BCUT2D eigenvalue weighted by atomic mass is 9.94. The van der Waals surface area contributed by atoms with Crippen molar-refractivity contribution < 1.29 is 22.7 Å². The Morgan fingerprint density at radius 3 is 2.47 bits per heavy atom. The van der Waals surface area contributed by atoms with Gasteiger partial charge in [-0.1, -0.05) is 23.5 Å². The molecule has 0 unspecified atom stereocenters. The van der Waals surface area contributed by atoms with Crippen LogP contribution in [-0.2, 0) is 14.6 Å². The summed E-state index contributed by atoms with van der Waals surface area (Å²) < 4.78 is 34.5. The van der Waals surface area contributed by atoms with E-state index >= 15 is 0 Å². The van der Waals surface area contributed by atoms with Crippen LogP contribution < -0.4 is 4.74 Å². The van der Waals surface area contributed by atoms with Crippen LogP contribution >= 0.6 is 11.3 Å². The van der Waals surface area contributed by atoms with Gasteiger partial charge in [-0.15, -0.1) is 0 Å². The van der Waals surface area contributed by atoms with Gasteiger partial charge in [0.25, 0.3) is 5.19 Å². The normalized spacial score (nSPS) is 15.1. The van der Waals surface area contributed by atoms with E-state index in [0.29, 0.717) is 17.7 Å². The number of benzene rings is 1. The van der Waals surface area contributed by atoms with Gasteiger partial charge in [0, 0.05) is 24.9 Å². The second-order valence-electron chi connectivity index (χ2n) is 8.80. The molecule has 2 aromatic heterocycles. The van der Waals surface area contributed by atoms with Crippen molar-refractivity contribution in [3.05, 3.63) is 36.4 Å². The highest BCUT2D eigenvalue weighted by atomic mass is 32.2. The molecule has 3 aromatic rings. The standard InChI is InChI=1S/C24H29N3O5S2/c1-16(2)32-24(28)27-13-10-17(11-14-27)12-15-31-23-26-21-9-8-20(25-22(21)33-23)18-4-6-19(7-5-18)34(3,29)30/h4-9,16-17H,10-15H2,1-3H3. The number of nitrogens with zero attached hydrogens (tertiary/aromatic N) is 3. The fraction of sp³-hybridized carbons (Fsp3) is 0.458. The number of rotatable bonds is 7. The van der Waals surface area contributed by atoms with Crippen LogP contribution in [0.15, 0.2) is 41.3 Å². The predicted molar refractivity (Wildman–Crippen MR) is 132 cm³/mol. The summed E-state index contributed by atoms with van der Waals surface area (Å²) in [5, 5.41) is 0.588. The van der Waals surface area contributed by atoms with Crippen LogP contribution in [0.2, 0.25) is 0 Å². The van der Waals surface area contributed by atoms with Crippen LogP contribution in [-0.4, -0.2) is 61.4 Å². The number of pyridine rings is 1. The Bertz CT molecular complexity index is 1250. The highest BCUT2D eigenvalue weighted by molar-refractivity contribution is 7.90. The Hall–Kier alpha value is -2.72. The van der Waals surface area contributed by atoms with E-state index < -0.39 is 9.84 Å². The van der Waals surface area contributed by atoms with Gasteiger partial charge in [-0.3, -0.25) is 0 Å². The van der Waals surface area contributed by atoms with Crippen molar-refractivity contribution in [3.8, 4) is 16.5 Å². The molecule has 4 rings (SSSR count). The predicted octanol–water partition coefficient (Wildman–Crippen LogP) is 4.79. The third-order valence-corrected chi connectivity index (χ3v) is 7.78. The lowest BCUT2D eigenvalue weighted by Crippen LogP contribution is -2.39. The van der Waals surface area contributed by atoms with E-state index in [0.717, 1.165) is 54.0 Å². The van der Waals surface area contributed by atoms with Gasteiger partial charge in [0.2, 0.25) is 0 Å². The maximum absolute atomic E-state index is 12.0. The third kappa shape index (κ3) is 6.04. The van der Waals surface area contributed by atoms with Gasteiger partial charge in [-0.25, -0.2) is 23.2 Å². The molecule has 0 saturated carbocycles. The molecule has 0 radical (unpaired) electrons. The number of hydrogen-bond acceptors (Lipinski definition) is 8. The smallest absolute Gasteiger partial charge is 0.410 e. The second kappa shape index (κ2) is 10.3. The molecule has 0 bridgehead atoms. The van der Waals surface area contributed by atoms with Gasteiger partial charge in [0.15, 0.2) is 9.84 Å². The number of amides is 1. The fourth-order valence-electron chi connectivity index (χ4n) is 3.89. The van der Waals surface area contributed by atoms with Crippen molar-refractivity contribution in [2.24, 2.45) is 5.92 Å². The number of carbonyl (C=O) groups is 1. The van der Waals surface area contributed by atoms with Gasteiger partial charge in [-0.2, -0.15) is 0 Å². The monoisotopic (exact) mass is 503 g/mol. The molecule has 182 valence electrons. The minimum absolute atomic E-state index is 0.0987. The molecule has 0 N–H and O–H groups in total. The first-order valence-electron chi connectivity index (χ1n) is 11.4. The van der Waals surface area contributed by atoms with E-state index in [-0.39, 0.29) is 17.1 Å². The van der Waals surface area contributed by atoms with Crippen molar-refractivity contribution in [1.82, 2.24) is 14.9 Å². The maximum Gasteiger partial charge on any atom is 0.410 e. The Balaban J connectivity index is 1.31. The quantitative estimate of drug-likeness (QED) is 0.457. The fourth-order valence-corrected chi connectivity index (χ4v) is 5.33. The summed E-state index contributed by atoms with van der Waals surface area (Å²) in [4.78, 5) is 24.1. The molecule has 0 atom stereocenters. The molecule has 1 saturated heterocycles. The summed E-state index contributed by atoms with van der Waals surface area (Å²) in [5.74, 6) is 0.511. The molecular formula is C24H29N3O5S2. The van der Waals surface area contributed by atoms with Crippen molar-refractivity contribution in [2.75, 3.05) is 26.0 Å². The van der Waals surface area contributed by atoms with E-state index in [4.69, 9.17) is 9.47 Å². The van der Waals surface area contributed by atoms with Gasteiger partial charge < -0.3 is 14.4 Å². The van der Waals surface area contributed by atoms with E-state index in [1.54, 1.807) is 29.2 Å². The summed E-state index contributed by atoms with van der Waals surface area (Å²) in [5.41, 5.74) is 2.37. The second-order valence-corrected chi connectivity index (χ2v) is 11.8. The molecule has 10 heteroatoms. The summed E-state index contributed by atoms with van der Waals surface area (Å²) in [6.45, 7) is 5.72. The number of fused-ring (bicyclic) bond motifs is 1. The van der Waals surface area contributed by atoms with Crippen LogP contribution in [0, 0.1) is 5.92 Å². The highest BCUT2D eigenvalue weighted by Gasteiger charge is 2.24. The minimum atomic E-state index is -3.23. The molecule has 1 amide bonds. The molecular weight excluding hydrogens is 474 g/mol. The first-order valence-corrected chi connectivity index (χ1v) is 14.1. The largest absolute Gasteiger partial charge is 0.470 e. The molecule has 1 aliphatic heterocycles. The third-order valence-electron chi connectivity index (χ3n) is 5.78. The zero-order valence-electron chi connectivity index (χ0n) is 19.6. The van der Waals surface area contributed by atoms with Gasteiger partial charge in [0.05, 0.1) is 23.3 Å². The number of aromatic nitrogens is 2. The number of ether oxygens (including phenoxy) is 2. The molecule has 34 heavy (non-hydrogen) atoms. The van der Waals surface area contributed by atoms with Crippen molar-refractivity contribution >= 4 is 37.6 Å². The Labute approximate surface area is 203 Å². The summed E-state index contributed by atoms with van der Waals surface area (Å²) in [6, 6.07) is 10.5. The van der Waals surface area contributed by atoms with Gasteiger partial charge in [0.1, 0.15) is 10.3 Å². The van der Waals surface area contributed by atoms with Crippen LogP contribution in [0.1, 0.15) is 33.1 Å². The number of likely N-dealkylation sites (tertiary alicyclic amines) is 1. The van der Waals surface area contributed by atoms with Crippen LogP contribution in [0.3, 0.4) is 0 Å². The van der Waals surface area contributed by atoms with E-state index in [2.05, 4.69) is 9.97 Å². The Kier molecular flexibility index (Phi) is 7.37. The topological polar surface area (TPSA) is 98.7 Å². The number of hydrogen-bond donors (Lipinski definition) is 0. The molecule has 1 aromatic carbocycles. The summed E-state index contributed by atoms with van der Waals surface area (Å²) >= 11 is 1.40. The first kappa shape index (κ1) is 24.4. The number of carbonyl (C=O) groups excluding carboxylic acids is 1. The molecule has 8 nitrogen and oxygen atoms in total. The van der Waals surface area contributed by atoms with Gasteiger partial charge in [-0.05, 0) is 63.3 Å². The number of sulfone groups is 1. The molecule has 0 aliphatic carbocycles.